The molecule has 106 valence electrons. The highest BCUT2D eigenvalue weighted by molar-refractivity contribution is 5.95. The molecule has 2 saturated carbocycles. The van der Waals surface area contributed by atoms with Gasteiger partial charge in [-0.2, -0.15) is 5.10 Å². The molecule has 2 fully saturated rings. The van der Waals surface area contributed by atoms with E-state index in [1.807, 2.05) is 6.92 Å². The number of benzene rings is 1. The molecule has 0 aliphatic heterocycles. The third kappa shape index (κ3) is 2.60. The summed E-state index contributed by atoms with van der Waals surface area (Å²) >= 11 is 0. The van der Waals surface area contributed by atoms with Crippen LogP contribution in [0.2, 0.25) is 0 Å². The standard InChI is InChI=1S/C16H19FN2O/c1-10(15-8-11-5-6-12(15)7-11)18-19-16(20)13-3-2-4-14(17)9-13/h2-4,9,11-12,15H,5-8H2,1H3,(H,19,20). The van der Waals surface area contributed by atoms with Gasteiger partial charge >= 0.3 is 0 Å². The van der Waals surface area contributed by atoms with Crippen LogP contribution >= 0.6 is 0 Å². The lowest BCUT2D eigenvalue weighted by molar-refractivity contribution is 0.0954. The van der Waals surface area contributed by atoms with Gasteiger partial charge in [-0.15, -0.1) is 0 Å². The highest BCUT2D eigenvalue weighted by Crippen LogP contribution is 2.48. The molecule has 2 bridgehead atoms. The summed E-state index contributed by atoms with van der Waals surface area (Å²) in [5.41, 5.74) is 3.85. The van der Waals surface area contributed by atoms with Gasteiger partial charge in [0.1, 0.15) is 5.82 Å². The number of carbonyl (C=O) groups excluding carboxylic acids is 1. The molecule has 2 aliphatic carbocycles. The van der Waals surface area contributed by atoms with Gasteiger partial charge in [0.25, 0.3) is 5.91 Å². The quantitative estimate of drug-likeness (QED) is 0.666. The lowest BCUT2D eigenvalue weighted by atomic mass is 9.86. The lowest BCUT2D eigenvalue weighted by Crippen LogP contribution is -2.24. The normalized spacial score (nSPS) is 28.7. The smallest absolute Gasteiger partial charge is 0.267 e. The zero-order chi connectivity index (χ0) is 14.1. The van der Waals surface area contributed by atoms with Crippen molar-refractivity contribution in [3.8, 4) is 0 Å². The van der Waals surface area contributed by atoms with E-state index in [9.17, 15) is 9.18 Å². The van der Waals surface area contributed by atoms with Gasteiger partial charge in [0.2, 0.25) is 0 Å². The molecule has 20 heavy (non-hydrogen) atoms. The molecular weight excluding hydrogens is 255 g/mol. The Bertz CT molecular complexity index is 555. The Morgan fingerprint density at radius 2 is 2.20 bits per heavy atom. The fraction of sp³-hybridized carbons (Fsp3) is 0.500. The Balaban J connectivity index is 1.63. The van der Waals surface area contributed by atoms with Gasteiger partial charge in [0.15, 0.2) is 0 Å². The Morgan fingerprint density at radius 3 is 2.85 bits per heavy atom. The monoisotopic (exact) mass is 274 g/mol. The van der Waals surface area contributed by atoms with Gasteiger partial charge < -0.3 is 0 Å². The minimum atomic E-state index is -0.411. The number of nitrogens with zero attached hydrogens (tertiary/aromatic N) is 1. The van der Waals surface area contributed by atoms with Crippen LogP contribution in [0.25, 0.3) is 0 Å². The lowest BCUT2D eigenvalue weighted by Gasteiger charge is -2.21. The van der Waals surface area contributed by atoms with Crippen LogP contribution in [0.4, 0.5) is 4.39 Å². The topological polar surface area (TPSA) is 41.5 Å². The van der Waals surface area contributed by atoms with Gasteiger partial charge in [-0.25, -0.2) is 9.82 Å². The van der Waals surface area contributed by atoms with Crippen molar-refractivity contribution in [1.82, 2.24) is 5.43 Å². The van der Waals surface area contributed by atoms with E-state index in [0.717, 1.165) is 17.5 Å². The SMILES string of the molecule is CC(=NNC(=O)c1cccc(F)c1)C1CC2CCC1C2. The van der Waals surface area contributed by atoms with Crippen LogP contribution in [-0.2, 0) is 0 Å². The number of hydrogen-bond donors (Lipinski definition) is 1. The first-order valence-electron chi connectivity index (χ1n) is 7.23. The number of hydrogen-bond acceptors (Lipinski definition) is 2. The molecule has 0 saturated heterocycles. The molecule has 1 amide bonds. The zero-order valence-corrected chi connectivity index (χ0v) is 11.6. The molecule has 0 spiro atoms. The van der Waals surface area contributed by atoms with Crippen molar-refractivity contribution < 1.29 is 9.18 Å². The van der Waals surface area contributed by atoms with Gasteiger partial charge in [0, 0.05) is 17.2 Å². The maximum Gasteiger partial charge on any atom is 0.271 e. The Labute approximate surface area is 118 Å². The van der Waals surface area contributed by atoms with Crippen molar-refractivity contribution in [2.45, 2.75) is 32.6 Å². The summed E-state index contributed by atoms with van der Waals surface area (Å²) in [7, 11) is 0. The van der Waals surface area contributed by atoms with Crippen molar-refractivity contribution >= 4 is 11.6 Å². The molecule has 4 heteroatoms. The van der Waals surface area contributed by atoms with Crippen LogP contribution in [0, 0.1) is 23.6 Å². The third-order valence-corrected chi connectivity index (χ3v) is 4.70. The van der Waals surface area contributed by atoms with Crippen molar-refractivity contribution in [1.29, 1.82) is 0 Å². The first-order chi connectivity index (χ1) is 9.63. The molecular formula is C16H19FN2O. The van der Waals surface area contributed by atoms with E-state index in [-0.39, 0.29) is 5.91 Å². The van der Waals surface area contributed by atoms with E-state index in [1.54, 1.807) is 6.07 Å². The van der Waals surface area contributed by atoms with Gasteiger partial charge in [-0.1, -0.05) is 12.5 Å². The number of rotatable bonds is 3. The number of amides is 1. The summed E-state index contributed by atoms with van der Waals surface area (Å²) in [5.74, 6) is 1.35. The van der Waals surface area contributed by atoms with Gasteiger partial charge in [-0.05, 0) is 56.2 Å². The molecule has 1 aromatic rings. The fourth-order valence-corrected chi connectivity index (χ4v) is 3.67. The van der Waals surface area contributed by atoms with E-state index >= 15 is 0 Å². The second-order valence-electron chi connectivity index (χ2n) is 5.99. The van der Waals surface area contributed by atoms with Crippen LogP contribution in [-0.4, -0.2) is 11.6 Å². The molecule has 3 unspecified atom stereocenters. The molecule has 3 nitrogen and oxygen atoms in total. The zero-order valence-electron chi connectivity index (χ0n) is 11.6. The van der Waals surface area contributed by atoms with Crippen LogP contribution < -0.4 is 5.43 Å². The molecule has 3 rings (SSSR count). The maximum absolute atomic E-state index is 13.1. The van der Waals surface area contributed by atoms with Gasteiger partial charge in [0.05, 0.1) is 0 Å². The minimum absolute atomic E-state index is 0.300. The highest BCUT2D eigenvalue weighted by atomic mass is 19.1. The second-order valence-corrected chi connectivity index (χ2v) is 5.99. The van der Waals surface area contributed by atoms with Gasteiger partial charge in [-0.3, -0.25) is 4.79 Å². The first kappa shape index (κ1) is 13.3. The molecule has 1 N–H and O–H groups in total. The van der Waals surface area contributed by atoms with Crippen molar-refractivity contribution in [2.24, 2.45) is 22.9 Å². The highest BCUT2D eigenvalue weighted by Gasteiger charge is 2.40. The van der Waals surface area contributed by atoms with E-state index in [1.165, 1.54) is 43.9 Å². The fourth-order valence-electron chi connectivity index (χ4n) is 3.67. The summed E-state index contributed by atoms with van der Waals surface area (Å²) < 4.78 is 13.1. The Kier molecular flexibility index (Phi) is 3.55. The van der Waals surface area contributed by atoms with Crippen molar-refractivity contribution in [2.75, 3.05) is 0 Å². The minimum Gasteiger partial charge on any atom is -0.267 e. The number of carbonyl (C=O) groups is 1. The van der Waals surface area contributed by atoms with E-state index in [0.29, 0.717) is 11.5 Å². The molecule has 0 heterocycles. The summed E-state index contributed by atoms with van der Waals surface area (Å²) in [6.45, 7) is 1.98. The average molecular weight is 274 g/mol. The summed E-state index contributed by atoms with van der Waals surface area (Å²) in [5, 5.41) is 4.23. The number of nitrogens with one attached hydrogen (secondary N) is 1. The molecule has 3 atom stereocenters. The largest absolute Gasteiger partial charge is 0.271 e. The molecule has 2 aliphatic rings. The van der Waals surface area contributed by atoms with E-state index in [2.05, 4.69) is 10.5 Å². The molecule has 0 aromatic heterocycles. The van der Waals surface area contributed by atoms with Crippen LogP contribution in [0.15, 0.2) is 29.4 Å². The molecule has 0 radical (unpaired) electrons. The number of halogens is 1. The van der Waals surface area contributed by atoms with E-state index in [4.69, 9.17) is 0 Å². The number of fused-ring (bicyclic) bond motifs is 2. The predicted molar refractivity (Wildman–Crippen MR) is 75.9 cm³/mol. The Morgan fingerprint density at radius 1 is 1.35 bits per heavy atom. The first-order valence-corrected chi connectivity index (χ1v) is 7.23. The van der Waals surface area contributed by atoms with Crippen LogP contribution in [0.1, 0.15) is 43.0 Å². The maximum atomic E-state index is 13.1. The predicted octanol–water partition coefficient (Wildman–Crippen LogP) is 3.37. The third-order valence-electron chi connectivity index (χ3n) is 4.70. The van der Waals surface area contributed by atoms with Crippen molar-refractivity contribution in [3.63, 3.8) is 0 Å². The summed E-state index contributed by atoms with van der Waals surface area (Å²) in [6.07, 6.45) is 5.16. The molecule has 1 aromatic carbocycles. The van der Waals surface area contributed by atoms with Crippen molar-refractivity contribution in [3.05, 3.63) is 35.6 Å². The van der Waals surface area contributed by atoms with E-state index < -0.39 is 5.82 Å². The second kappa shape index (κ2) is 5.35. The summed E-state index contributed by atoms with van der Waals surface area (Å²) in [6, 6.07) is 5.65. The summed E-state index contributed by atoms with van der Waals surface area (Å²) in [4.78, 5) is 11.9. The van der Waals surface area contributed by atoms with Crippen LogP contribution in [0.5, 0.6) is 0 Å². The average Bonchev–Trinajstić information content (AvgIpc) is 3.07. The Hall–Kier alpha value is -1.71. The van der Waals surface area contributed by atoms with Crippen LogP contribution in [0.3, 0.4) is 0 Å². The number of hydrazone groups is 1.